The number of hydrogen-bond donors (Lipinski definition) is 1. The minimum absolute atomic E-state index is 0.219. The average molecular weight is 236 g/mol. The molecule has 1 N–H and O–H groups in total. The van der Waals surface area contributed by atoms with E-state index in [0.717, 1.165) is 19.6 Å². The molecule has 2 heterocycles. The molecule has 1 aliphatic heterocycles. The predicted octanol–water partition coefficient (Wildman–Crippen LogP) is 0.315. The van der Waals surface area contributed by atoms with Gasteiger partial charge in [0, 0.05) is 25.7 Å². The molecule has 1 fully saturated rings. The highest BCUT2D eigenvalue weighted by atomic mass is 16.4. The number of carbonyl (C=O) groups is 1. The molecule has 0 aliphatic carbocycles. The number of aromatic nitrogens is 2. The Morgan fingerprint density at radius 3 is 2.94 bits per heavy atom. The van der Waals surface area contributed by atoms with Gasteiger partial charge in [-0.15, -0.1) is 5.10 Å². The normalized spacial score (nSPS) is 21.5. The van der Waals surface area contributed by atoms with Crippen molar-refractivity contribution in [3.63, 3.8) is 0 Å². The third-order valence-electron chi connectivity index (χ3n) is 3.03. The molecule has 1 unspecified atom stereocenters. The molecule has 2 rings (SSSR count). The molecule has 1 atom stereocenters. The lowest BCUT2D eigenvalue weighted by Crippen LogP contribution is -2.51. The number of nitrogens with zero attached hydrogens (tertiary/aromatic N) is 4. The Bertz CT molecular complexity index is 424. The fraction of sp³-hybridized carbons (Fsp3) is 0.545. The number of likely N-dealkylation sites (N-methyl/N-ethyl adjacent to an activating group) is 1. The SMILES string of the molecule is CC1CN(C)CCN1c1nnccc1C(=O)O. The quantitative estimate of drug-likeness (QED) is 0.797. The van der Waals surface area contributed by atoms with Crippen molar-refractivity contribution in [2.75, 3.05) is 31.6 Å². The van der Waals surface area contributed by atoms with Gasteiger partial charge in [0.05, 0.1) is 6.20 Å². The van der Waals surface area contributed by atoms with Gasteiger partial charge >= 0.3 is 5.97 Å². The van der Waals surface area contributed by atoms with Crippen molar-refractivity contribution in [1.82, 2.24) is 15.1 Å². The summed E-state index contributed by atoms with van der Waals surface area (Å²) in [7, 11) is 2.06. The lowest BCUT2D eigenvalue weighted by atomic mass is 10.1. The van der Waals surface area contributed by atoms with Gasteiger partial charge < -0.3 is 14.9 Å². The lowest BCUT2D eigenvalue weighted by molar-refractivity contribution is 0.0696. The van der Waals surface area contributed by atoms with Crippen LogP contribution >= 0.6 is 0 Å². The van der Waals surface area contributed by atoms with Crippen molar-refractivity contribution in [2.45, 2.75) is 13.0 Å². The van der Waals surface area contributed by atoms with Crippen LogP contribution in [0.4, 0.5) is 5.82 Å². The minimum Gasteiger partial charge on any atom is -0.478 e. The Kier molecular flexibility index (Phi) is 3.23. The van der Waals surface area contributed by atoms with Crippen LogP contribution in [-0.4, -0.2) is 58.9 Å². The molecular weight excluding hydrogens is 220 g/mol. The van der Waals surface area contributed by atoms with Crippen molar-refractivity contribution >= 4 is 11.8 Å². The van der Waals surface area contributed by atoms with Crippen molar-refractivity contribution in [1.29, 1.82) is 0 Å². The predicted molar refractivity (Wildman–Crippen MR) is 63.3 cm³/mol. The number of anilines is 1. The Labute approximate surface area is 99.9 Å². The van der Waals surface area contributed by atoms with Crippen LogP contribution in [0.5, 0.6) is 0 Å². The molecular formula is C11H16N4O2. The van der Waals surface area contributed by atoms with E-state index in [1.807, 2.05) is 4.90 Å². The summed E-state index contributed by atoms with van der Waals surface area (Å²) in [5, 5.41) is 16.9. The van der Waals surface area contributed by atoms with Gasteiger partial charge in [0.1, 0.15) is 5.56 Å². The van der Waals surface area contributed by atoms with E-state index in [-0.39, 0.29) is 11.6 Å². The van der Waals surface area contributed by atoms with Crippen molar-refractivity contribution in [3.05, 3.63) is 17.8 Å². The van der Waals surface area contributed by atoms with Crippen LogP contribution in [0.1, 0.15) is 17.3 Å². The van der Waals surface area contributed by atoms with E-state index < -0.39 is 5.97 Å². The van der Waals surface area contributed by atoms with Gasteiger partial charge in [-0.1, -0.05) is 0 Å². The zero-order chi connectivity index (χ0) is 12.4. The van der Waals surface area contributed by atoms with Crippen LogP contribution in [0.3, 0.4) is 0 Å². The first-order valence-corrected chi connectivity index (χ1v) is 5.59. The topological polar surface area (TPSA) is 69.6 Å². The molecule has 0 amide bonds. The van der Waals surface area contributed by atoms with Crippen LogP contribution in [0, 0.1) is 0 Å². The number of carboxylic acid groups (broad SMARTS) is 1. The van der Waals surface area contributed by atoms with Crippen LogP contribution in [0.2, 0.25) is 0 Å². The fourth-order valence-electron chi connectivity index (χ4n) is 2.16. The molecule has 1 saturated heterocycles. The second kappa shape index (κ2) is 4.67. The highest BCUT2D eigenvalue weighted by molar-refractivity contribution is 5.93. The van der Waals surface area contributed by atoms with E-state index in [1.165, 1.54) is 12.3 Å². The van der Waals surface area contributed by atoms with Gasteiger partial charge in [0.15, 0.2) is 5.82 Å². The van der Waals surface area contributed by atoms with Crippen LogP contribution < -0.4 is 4.90 Å². The van der Waals surface area contributed by atoms with E-state index in [1.54, 1.807) is 0 Å². The van der Waals surface area contributed by atoms with E-state index in [2.05, 4.69) is 29.1 Å². The third kappa shape index (κ3) is 2.36. The first-order chi connectivity index (χ1) is 8.09. The number of hydrogen-bond acceptors (Lipinski definition) is 5. The molecule has 6 heteroatoms. The van der Waals surface area contributed by atoms with Gasteiger partial charge in [0.2, 0.25) is 0 Å². The molecule has 0 bridgehead atoms. The molecule has 92 valence electrons. The van der Waals surface area contributed by atoms with Crippen LogP contribution in [0.15, 0.2) is 12.3 Å². The Balaban J connectivity index is 2.30. The minimum atomic E-state index is -0.957. The first kappa shape index (κ1) is 11.8. The summed E-state index contributed by atoms with van der Waals surface area (Å²) >= 11 is 0. The number of carboxylic acids is 1. The van der Waals surface area contributed by atoms with Gasteiger partial charge in [-0.2, -0.15) is 5.10 Å². The number of rotatable bonds is 2. The lowest BCUT2D eigenvalue weighted by Gasteiger charge is -2.39. The maximum Gasteiger partial charge on any atom is 0.339 e. The highest BCUT2D eigenvalue weighted by Crippen LogP contribution is 2.21. The molecule has 17 heavy (non-hydrogen) atoms. The van der Waals surface area contributed by atoms with Gasteiger partial charge in [-0.3, -0.25) is 0 Å². The van der Waals surface area contributed by atoms with Crippen molar-refractivity contribution in [2.24, 2.45) is 0 Å². The summed E-state index contributed by atoms with van der Waals surface area (Å²) in [6, 6.07) is 1.74. The van der Waals surface area contributed by atoms with Gasteiger partial charge in [0.25, 0.3) is 0 Å². The van der Waals surface area contributed by atoms with E-state index in [9.17, 15) is 4.79 Å². The van der Waals surface area contributed by atoms with E-state index in [0.29, 0.717) is 5.82 Å². The second-order valence-electron chi connectivity index (χ2n) is 4.38. The molecule has 0 saturated carbocycles. The van der Waals surface area contributed by atoms with Crippen LogP contribution in [0.25, 0.3) is 0 Å². The molecule has 1 aromatic rings. The largest absolute Gasteiger partial charge is 0.478 e. The van der Waals surface area contributed by atoms with Gasteiger partial charge in [-0.05, 0) is 20.0 Å². The summed E-state index contributed by atoms with van der Waals surface area (Å²) < 4.78 is 0. The van der Waals surface area contributed by atoms with Gasteiger partial charge in [-0.25, -0.2) is 4.79 Å². The standard InChI is InChI=1S/C11H16N4O2/c1-8-7-14(2)5-6-15(8)10-9(11(16)17)3-4-12-13-10/h3-4,8H,5-7H2,1-2H3,(H,16,17). The molecule has 6 nitrogen and oxygen atoms in total. The Morgan fingerprint density at radius 1 is 1.53 bits per heavy atom. The summed E-state index contributed by atoms with van der Waals surface area (Å²) in [5.74, 6) is -0.485. The zero-order valence-electron chi connectivity index (χ0n) is 10.00. The van der Waals surface area contributed by atoms with E-state index in [4.69, 9.17) is 5.11 Å². The zero-order valence-corrected chi connectivity index (χ0v) is 10.00. The van der Waals surface area contributed by atoms with Crippen molar-refractivity contribution < 1.29 is 9.90 Å². The molecule has 0 aromatic carbocycles. The number of piperazine rings is 1. The summed E-state index contributed by atoms with van der Waals surface area (Å²) in [6.07, 6.45) is 1.41. The van der Waals surface area contributed by atoms with E-state index >= 15 is 0 Å². The maximum absolute atomic E-state index is 11.1. The molecule has 0 radical (unpaired) electrons. The van der Waals surface area contributed by atoms with Crippen LogP contribution in [-0.2, 0) is 0 Å². The first-order valence-electron chi connectivity index (χ1n) is 5.59. The smallest absolute Gasteiger partial charge is 0.339 e. The Morgan fingerprint density at radius 2 is 2.29 bits per heavy atom. The molecule has 0 spiro atoms. The molecule has 1 aliphatic rings. The fourth-order valence-corrected chi connectivity index (χ4v) is 2.16. The average Bonchev–Trinajstić information content (AvgIpc) is 2.29. The second-order valence-corrected chi connectivity index (χ2v) is 4.38. The molecule has 1 aromatic heterocycles. The Hall–Kier alpha value is -1.69. The maximum atomic E-state index is 11.1. The summed E-state index contributed by atoms with van der Waals surface area (Å²) in [5.41, 5.74) is 0.219. The summed E-state index contributed by atoms with van der Waals surface area (Å²) in [4.78, 5) is 15.4. The third-order valence-corrected chi connectivity index (χ3v) is 3.03. The monoisotopic (exact) mass is 236 g/mol. The van der Waals surface area contributed by atoms with Crippen molar-refractivity contribution in [3.8, 4) is 0 Å². The highest BCUT2D eigenvalue weighted by Gasteiger charge is 2.26. The number of aromatic carboxylic acids is 1. The summed E-state index contributed by atoms with van der Waals surface area (Å²) in [6.45, 7) is 4.64.